The van der Waals surface area contributed by atoms with Crippen molar-refractivity contribution in [2.24, 2.45) is 0 Å². The molecule has 0 radical (unpaired) electrons. The number of rotatable bonds is 8. The van der Waals surface area contributed by atoms with E-state index in [2.05, 4.69) is 47.6 Å². The van der Waals surface area contributed by atoms with Crippen molar-refractivity contribution in [2.45, 2.75) is 39.2 Å². The summed E-state index contributed by atoms with van der Waals surface area (Å²) in [6, 6.07) is 0. The molecule has 0 aliphatic heterocycles. The SMILES string of the molecule is C=C(O)CC(C[N+](C)(C)C)OC(=CCC)CC. The first-order chi connectivity index (χ1) is 7.78. The van der Waals surface area contributed by atoms with Crippen molar-refractivity contribution in [3.8, 4) is 0 Å². The molecule has 0 aromatic heterocycles. The molecule has 0 aliphatic rings. The van der Waals surface area contributed by atoms with Crippen molar-refractivity contribution in [3.05, 3.63) is 24.2 Å². The molecule has 1 unspecified atom stereocenters. The Bertz CT molecular complexity index is 264. The van der Waals surface area contributed by atoms with Crippen LogP contribution in [0.25, 0.3) is 0 Å². The maximum Gasteiger partial charge on any atom is 0.154 e. The summed E-state index contributed by atoms with van der Waals surface area (Å²) >= 11 is 0. The number of quaternary nitrogens is 1. The smallest absolute Gasteiger partial charge is 0.154 e. The second-order valence-corrected chi connectivity index (χ2v) is 5.42. The summed E-state index contributed by atoms with van der Waals surface area (Å²) in [4.78, 5) is 0. The van der Waals surface area contributed by atoms with Gasteiger partial charge < -0.3 is 14.3 Å². The zero-order valence-corrected chi connectivity index (χ0v) is 12.0. The van der Waals surface area contributed by atoms with E-state index in [1.807, 2.05) is 0 Å². The van der Waals surface area contributed by atoms with Crippen molar-refractivity contribution in [2.75, 3.05) is 27.7 Å². The molecule has 1 atom stereocenters. The number of hydrogen-bond donors (Lipinski definition) is 1. The molecule has 3 nitrogen and oxygen atoms in total. The zero-order chi connectivity index (χ0) is 13.5. The van der Waals surface area contributed by atoms with Crippen molar-refractivity contribution in [3.63, 3.8) is 0 Å². The molecule has 0 saturated heterocycles. The fourth-order valence-corrected chi connectivity index (χ4v) is 1.73. The number of hydrogen-bond acceptors (Lipinski definition) is 2. The number of aliphatic hydroxyl groups excluding tert-OH is 1. The Hall–Kier alpha value is -0.960. The number of allylic oxidation sites excluding steroid dienone is 2. The third kappa shape index (κ3) is 8.81. The van der Waals surface area contributed by atoms with E-state index in [9.17, 15) is 5.11 Å². The number of nitrogens with zero attached hydrogens (tertiary/aromatic N) is 1. The molecule has 3 heteroatoms. The predicted octanol–water partition coefficient (Wildman–Crippen LogP) is 3.24. The van der Waals surface area contributed by atoms with Crippen LogP contribution < -0.4 is 0 Å². The quantitative estimate of drug-likeness (QED) is 0.523. The van der Waals surface area contributed by atoms with Crippen LogP contribution in [-0.4, -0.2) is 43.4 Å². The van der Waals surface area contributed by atoms with Crippen LogP contribution in [0.3, 0.4) is 0 Å². The van der Waals surface area contributed by atoms with Crippen LogP contribution in [0.4, 0.5) is 0 Å². The standard InChI is InChI=1S/C14H27NO2/c1-7-9-13(8-2)17-14(10-12(3)16)11-15(4,5)6/h9,14H,3,7-8,10-11H2,1-2,4-6H3/p+1. The highest BCUT2D eigenvalue weighted by atomic mass is 16.5. The minimum Gasteiger partial charge on any atom is -0.513 e. The normalized spacial score (nSPS) is 14.5. The third-order valence-corrected chi connectivity index (χ3v) is 2.31. The molecule has 0 heterocycles. The molecule has 0 aromatic rings. The largest absolute Gasteiger partial charge is 0.513 e. The summed E-state index contributed by atoms with van der Waals surface area (Å²) in [5.41, 5.74) is 0. The van der Waals surface area contributed by atoms with Gasteiger partial charge in [0.2, 0.25) is 0 Å². The molecular formula is C14H28NO2+. The van der Waals surface area contributed by atoms with Gasteiger partial charge in [-0.1, -0.05) is 20.4 Å². The van der Waals surface area contributed by atoms with Gasteiger partial charge >= 0.3 is 0 Å². The van der Waals surface area contributed by atoms with Gasteiger partial charge in [-0.3, -0.25) is 0 Å². The van der Waals surface area contributed by atoms with Crippen LogP contribution in [0.1, 0.15) is 33.1 Å². The maximum atomic E-state index is 9.33. The van der Waals surface area contributed by atoms with Crippen molar-refractivity contribution in [1.29, 1.82) is 0 Å². The number of ether oxygens (including phenoxy) is 1. The van der Waals surface area contributed by atoms with E-state index in [1.165, 1.54) is 0 Å². The van der Waals surface area contributed by atoms with Crippen LogP contribution in [0, 0.1) is 0 Å². The van der Waals surface area contributed by atoms with Gasteiger partial charge in [0.05, 0.1) is 32.7 Å². The highest BCUT2D eigenvalue weighted by molar-refractivity contribution is 4.94. The molecule has 0 saturated carbocycles. The van der Waals surface area contributed by atoms with E-state index in [-0.39, 0.29) is 11.9 Å². The molecule has 0 aromatic carbocycles. The number of likely N-dealkylation sites (N-methyl/N-ethyl adjacent to an activating group) is 1. The van der Waals surface area contributed by atoms with E-state index in [1.54, 1.807) is 0 Å². The Labute approximate surface area is 106 Å². The fourth-order valence-electron chi connectivity index (χ4n) is 1.73. The highest BCUT2D eigenvalue weighted by Gasteiger charge is 2.21. The van der Waals surface area contributed by atoms with E-state index >= 15 is 0 Å². The summed E-state index contributed by atoms with van der Waals surface area (Å²) in [5, 5.41) is 9.33. The monoisotopic (exact) mass is 242 g/mol. The van der Waals surface area contributed by atoms with Crippen LogP contribution in [0.5, 0.6) is 0 Å². The molecule has 0 aliphatic carbocycles. The first kappa shape index (κ1) is 16.0. The summed E-state index contributed by atoms with van der Waals surface area (Å²) in [5.74, 6) is 1.20. The van der Waals surface area contributed by atoms with Crippen molar-refractivity contribution in [1.82, 2.24) is 0 Å². The Morgan fingerprint density at radius 2 is 1.94 bits per heavy atom. The number of aliphatic hydroxyl groups is 1. The van der Waals surface area contributed by atoms with Gasteiger partial charge in [0, 0.05) is 12.8 Å². The fraction of sp³-hybridized carbons (Fsp3) is 0.714. The molecule has 0 bridgehead atoms. The van der Waals surface area contributed by atoms with Gasteiger partial charge in [-0.2, -0.15) is 0 Å². The lowest BCUT2D eigenvalue weighted by atomic mass is 10.2. The van der Waals surface area contributed by atoms with Crippen molar-refractivity contribution < 1.29 is 14.3 Å². The predicted molar refractivity (Wildman–Crippen MR) is 72.8 cm³/mol. The van der Waals surface area contributed by atoms with Crippen LogP contribution in [0.2, 0.25) is 0 Å². The van der Waals surface area contributed by atoms with E-state index in [0.717, 1.165) is 29.6 Å². The third-order valence-electron chi connectivity index (χ3n) is 2.31. The Kier molecular flexibility index (Phi) is 6.97. The van der Waals surface area contributed by atoms with E-state index < -0.39 is 0 Å². The first-order valence-electron chi connectivity index (χ1n) is 6.31. The first-order valence-corrected chi connectivity index (χ1v) is 6.31. The summed E-state index contributed by atoms with van der Waals surface area (Å²) < 4.78 is 6.76. The maximum absolute atomic E-state index is 9.33. The van der Waals surface area contributed by atoms with E-state index in [4.69, 9.17) is 4.74 Å². The summed E-state index contributed by atoms with van der Waals surface area (Å²) in [6.45, 7) is 8.58. The van der Waals surface area contributed by atoms with E-state index in [0.29, 0.717) is 6.42 Å². The van der Waals surface area contributed by atoms with Crippen molar-refractivity contribution >= 4 is 0 Å². The highest BCUT2D eigenvalue weighted by Crippen LogP contribution is 2.15. The minimum absolute atomic E-state index is 0.00903. The van der Waals surface area contributed by atoms with Gasteiger partial charge in [-0.25, -0.2) is 0 Å². The summed E-state index contributed by atoms with van der Waals surface area (Å²) in [7, 11) is 6.35. The molecular weight excluding hydrogens is 214 g/mol. The molecule has 0 fully saturated rings. The lowest BCUT2D eigenvalue weighted by Crippen LogP contribution is -2.42. The van der Waals surface area contributed by atoms with Crippen LogP contribution in [0.15, 0.2) is 24.2 Å². The molecule has 0 amide bonds. The van der Waals surface area contributed by atoms with Gasteiger partial charge in [0.1, 0.15) is 6.54 Å². The van der Waals surface area contributed by atoms with Gasteiger partial charge in [-0.05, 0) is 12.5 Å². The Morgan fingerprint density at radius 1 is 1.35 bits per heavy atom. The topological polar surface area (TPSA) is 29.5 Å². The Morgan fingerprint density at radius 3 is 2.29 bits per heavy atom. The van der Waals surface area contributed by atoms with Gasteiger partial charge in [0.15, 0.2) is 6.10 Å². The molecule has 17 heavy (non-hydrogen) atoms. The van der Waals surface area contributed by atoms with Gasteiger partial charge in [-0.15, -0.1) is 0 Å². The molecule has 0 spiro atoms. The van der Waals surface area contributed by atoms with Crippen LogP contribution in [-0.2, 0) is 4.74 Å². The molecule has 1 N–H and O–H groups in total. The molecule has 0 rings (SSSR count). The lowest BCUT2D eigenvalue weighted by molar-refractivity contribution is -0.873. The second kappa shape index (κ2) is 7.38. The average molecular weight is 242 g/mol. The molecule has 100 valence electrons. The lowest BCUT2D eigenvalue weighted by Gasteiger charge is -2.30. The van der Waals surface area contributed by atoms with Gasteiger partial charge in [0.25, 0.3) is 0 Å². The zero-order valence-electron chi connectivity index (χ0n) is 12.0. The Balaban J connectivity index is 4.57. The minimum atomic E-state index is -0.00903. The summed E-state index contributed by atoms with van der Waals surface area (Å²) in [6.07, 6.45) is 4.45. The average Bonchev–Trinajstić information content (AvgIpc) is 2.13. The second-order valence-electron chi connectivity index (χ2n) is 5.42. The van der Waals surface area contributed by atoms with Crippen LogP contribution >= 0.6 is 0 Å².